The van der Waals surface area contributed by atoms with Gasteiger partial charge in [0.15, 0.2) is 5.11 Å². The molecule has 0 saturated heterocycles. The SMILES string of the molecule is Cc1ccc(C)c(NC(=S)NC2CCCc3ccccc32)c1. The molecule has 0 aliphatic heterocycles. The zero-order chi connectivity index (χ0) is 15.5. The van der Waals surface area contributed by atoms with Crippen LogP contribution in [-0.4, -0.2) is 5.11 Å². The number of hydrogen-bond acceptors (Lipinski definition) is 1. The fraction of sp³-hybridized carbons (Fsp3) is 0.316. The molecule has 0 aromatic heterocycles. The monoisotopic (exact) mass is 310 g/mol. The molecule has 1 aliphatic carbocycles. The van der Waals surface area contributed by atoms with E-state index in [1.165, 1.54) is 35.1 Å². The highest BCUT2D eigenvalue weighted by atomic mass is 32.1. The third-order valence-electron chi connectivity index (χ3n) is 4.32. The second-order valence-corrected chi connectivity index (χ2v) is 6.47. The normalized spacial score (nSPS) is 16.7. The molecule has 0 heterocycles. The van der Waals surface area contributed by atoms with Crippen molar-refractivity contribution in [1.29, 1.82) is 0 Å². The summed E-state index contributed by atoms with van der Waals surface area (Å²) < 4.78 is 0. The Labute approximate surface area is 137 Å². The van der Waals surface area contributed by atoms with Crippen LogP contribution in [0.2, 0.25) is 0 Å². The summed E-state index contributed by atoms with van der Waals surface area (Å²) in [5, 5.41) is 7.54. The number of aryl methyl sites for hydroxylation is 3. The minimum Gasteiger partial charge on any atom is -0.356 e. The number of thiocarbonyl (C=S) groups is 1. The van der Waals surface area contributed by atoms with Crippen molar-refractivity contribution in [2.75, 3.05) is 5.32 Å². The zero-order valence-electron chi connectivity index (χ0n) is 13.1. The van der Waals surface area contributed by atoms with Crippen LogP contribution in [0.15, 0.2) is 42.5 Å². The summed E-state index contributed by atoms with van der Waals surface area (Å²) >= 11 is 5.53. The molecule has 0 amide bonds. The number of nitrogens with one attached hydrogen (secondary N) is 2. The Balaban J connectivity index is 1.72. The zero-order valence-corrected chi connectivity index (χ0v) is 14.0. The van der Waals surface area contributed by atoms with Gasteiger partial charge in [-0.05, 0) is 73.6 Å². The molecule has 0 saturated carbocycles. The lowest BCUT2D eigenvalue weighted by Gasteiger charge is -2.27. The Morgan fingerprint density at radius 1 is 1.14 bits per heavy atom. The molecule has 114 valence electrons. The average Bonchev–Trinajstić information content (AvgIpc) is 2.51. The molecule has 0 spiro atoms. The molecule has 2 N–H and O–H groups in total. The number of fused-ring (bicyclic) bond motifs is 1. The fourth-order valence-electron chi connectivity index (χ4n) is 3.09. The van der Waals surface area contributed by atoms with Gasteiger partial charge in [0, 0.05) is 5.69 Å². The smallest absolute Gasteiger partial charge is 0.171 e. The Bertz CT molecular complexity index is 694. The molecule has 22 heavy (non-hydrogen) atoms. The van der Waals surface area contributed by atoms with Crippen molar-refractivity contribution in [3.05, 3.63) is 64.7 Å². The molecule has 1 unspecified atom stereocenters. The van der Waals surface area contributed by atoms with Gasteiger partial charge in [-0.1, -0.05) is 36.4 Å². The van der Waals surface area contributed by atoms with Gasteiger partial charge in [0.05, 0.1) is 6.04 Å². The fourth-order valence-corrected chi connectivity index (χ4v) is 3.34. The standard InChI is InChI=1S/C19H22N2S/c1-13-10-11-14(2)18(12-13)21-19(22)20-17-9-5-7-15-6-3-4-8-16(15)17/h3-4,6,8,10-12,17H,5,7,9H2,1-2H3,(H2,20,21,22). The predicted molar refractivity (Wildman–Crippen MR) is 97.4 cm³/mol. The highest BCUT2D eigenvalue weighted by molar-refractivity contribution is 7.80. The lowest BCUT2D eigenvalue weighted by Crippen LogP contribution is -2.34. The maximum atomic E-state index is 5.53. The van der Waals surface area contributed by atoms with E-state index in [-0.39, 0.29) is 0 Å². The maximum Gasteiger partial charge on any atom is 0.171 e. The van der Waals surface area contributed by atoms with Crippen LogP contribution in [0.25, 0.3) is 0 Å². The number of benzene rings is 2. The van der Waals surface area contributed by atoms with Gasteiger partial charge >= 0.3 is 0 Å². The molecular weight excluding hydrogens is 288 g/mol. The van der Waals surface area contributed by atoms with Crippen molar-refractivity contribution >= 4 is 23.0 Å². The first-order valence-corrected chi connectivity index (χ1v) is 8.27. The first-order chi connectivity index (χ1) is 10.6. The van der Waals surface area contributed by atoms with Gasteiger partial charge in [0.25, 0.3) is 0 Å². The van der Waals surface area contributed by atoms with Gasteiger partial charge in [-0.3, -0.25) is 0 Å². The van der Waals surface area contributed by atoms with Gasteiger partial charge in [0.1, 0.15) is 0 Å². The van der Waals surface area contributed by atoms with Gasteiger partial charge in [0.2, 0.25) is 0 Å². The first-order valence-electron chi connectivity index (χ1n) is 7.86. The quantitative estimate of drug-likeness (QED) is 0.788. The Morgan fingerprint density at radius 3 is 2.82 bits per heavy atom. The van der Waals surface area contributed by atoms with Gasteiger partial charge in [-0.25, -0.2) is 0 Å². The van der Waals surface area contributed by atoms with Crippen LogP contribution < -0.4 is 10.6 Å². The van der Waals surface area contributed by atoms with Crippen molar-refractivity contribution in [2.24, 2.45) is 0 Å². The molecule has 1 aliphatic rings. The topological polar surface area (TPSA) is 24.1 Å². The van der Waals surface area contributed by atoms with Crippen LogP contribution in [0.5, 0.6) is 0 Å². The highest BCUT2D eigenvalue weighted by Crippen LogP contribution is 2.29. The highest BCUT2D eigenvalue weighted by Gasteiger charge is 2.20. The van der Waals surface area contributed by atoms with E-state index in [1.54, 1.807) is 0 Å². The summed E-state index contributed by atoms with van der Waals surface area (Å²) in [6.07, 6.45) is 3.51. The van der Waals surface area contributed by atoms with E-state index in [9.17, 15) is 0 Å². The minimum absolute atomic E-state index is 0.315. The predicted octanol–water partition coefficient (Wildman–Crippen LogP) is 4.67. The first kappa shape index (κ1) is 15.0. The van der Waals surface area contributed by atoms with E-state index in [2.05, 4.69) is 66.9 Å². The molecule has 3 rings (SSSR count). The molecule has 2 aromatic rings. The minimum atomic E-state index is 0.315. The Kier molecular flexibility index (Phi) is 4.44. The Morgan fingerprint density at radius 2 is 1.95 bits per heavy atom. The van der Waals surface area contributed by atoms with E-state index in [0.29, 0.717) is 11.2 Å². The summed E-state index contributed by atoms with van der Waals surface area (Å²) in [7, 11) is 0. The number of anilines is 1. The lowest BCUT2D eigenvalue weighted by molar-refractivity contribution is 0.529. The van der Waals surface area contributed by atoms with Crippen molar-refractivity contribution in [3.63, 3.8) is 0 Å². The molecule has 2 nitrogen and oxygen atoms in total. The van der Waals surface area contributed by atoms with Crippen LogP contribution in [0.3, 0.4) is 0 Å². The van der Waals surface area contributed by atoms with Crippen molar-refractivity contribution in [2.45, 2.75) is 39.2 Å². The lowest BCUT2D eigenvalue weighted by atomic mass is 9.88. The van der Waals surface area contributed by atoms with Gasteiger partial charge in [-0.15, -0.1) is 0 Å². The summed E-state index contributed by atoms with van der Waals surface area (Å²) in [6.45, 7) is 4.19. The molecule has 0 radical (unpaired) electrons. The van der Waals surface area contributed by atoms with Crippen LogP contribution in [0.1, 0.15) is 41.1 Å². The third-order valence-corrected chi connectivity index (χ3v) is 4.54. The number of hydrogen-bond donors (Lipinski definition) is 2. The average molecular weight is 310 g/mol. The second-order valence-electron chi connectivity index (χ2n) is 6.06. The molecule has 0 fully saturated rings. The van der Waals surface area contributed by atoms with Crippen LogP contribution in [0.4, 0.5) is 5.69 Å². The van der Waals surface area contributed by atoms with E-state index >= 15 is 0 Å². The van der Waals surface area contributed by atoms with Crippen LogP contribution in [-0.2, 0) is 6.42 Å². The van der Waals surface area contributed by atoms with E-state index in [1.807, 2.05) is 0 Å². The van der Waals surface area contributed by atoms with Crippen molar-refractivity contribution in [1.82, 2.24) is 5.32 Å². The van der Waals surface area contributed by atoms with Crippen molar-refractivity contribution < 1.29 is 0 Å². The van der Waals surface area contributed by atoms with E-state index in [4.69, 9.17) is 12.2 Å². The van der Waals surface area contributed by atoms with E-state index < -0.39 is 0 Å². The molecule has 2 aromatic carbocycles. The largest absolute Gasteiger partial charge is 0.356 e. The second kappa shape index (κ2) is 6.49. The molecule has 3 heteroatoms. The van der Waals surface area contributed by atoms with Gasteiger partial charge < -0.3 is 10.6 Å². The Hall–Kier alpha value is -1.87. The maximum absolute atomic E-state index is 5.53. The van der Waals surface area contributed by atoms with Gasteiger partial charge in [-0.2, -0.15) is 0 Å². The summed E-state index contributed by atoms with van der Waals surface area (Å²) in [6, 6.07) is 15.4. The molecular formula is C19H22N2S. The summed E-state index contributed by atoms with van der Waals surface area (Å²) in [4.78, 5) is 0. The number of rotatable bonds is 2. The third kappa shape index (κ3) is 3.30. The summed E-state index contributed by atoms with van der Waals surface area (Å²) in [5.41, 5.74) is 6.36. The van der Waals surface area contributed by atoms with Crippen molar-refractivity contribution in [3.8, 4) is 0 Å². The molecule has 1 atom stereocenters. The molecule has 0 bridgehead atoms. The van der Waals surface area contributed by atoms with Crippen LogP contribution in [0, 0.1) is 13.8 Å². The summed E-state index contributed by atoms with van der Waals surface area (Å²) in [5.74, 6) is 0. The van der Waals surface area contributed by atoms with Crippen LogP contribution >= 0.6 is 12.2 Å². The van der Waals surface area contributed by atoms with E-state index in [0.717, 1.165) is 12.1 Å².